The van der Waals surface area contributed by atoms with Crippen LogP contribution in [0, 0.1) is 0 Å². The summed E-state index contributed by atoms with van der Waals surface area (Å²) < 4.78 is 39.3. The highest BCUT2D eigenvalue weighted by Gasteiger charge is 2.31. The zero-order chi connectivity index (χ0) is 16.7. The maximum atomic E-state index is 12.8. The van der Waals surface area contributed by atoms with Crippen LogP contribution in [0.3, 0.4) is 0 Å². The first-order valence-electron chi connectivity index (χ1n) is 6.01. The number of carbonyl (C=O) groups is 1. The third-order valence-corrected chi connectivity index (χ3v) is 4.08. The minimum absolute atomic E-state index is 0.123. The van der Waals surface area contributed by atoms with Crippen molar-refractivity contribution in [2.45, 2.75) is 21.6 Å². The van der Waals surface area contributed by atoms with Gasteiger partial charge < -0.3 is 0 Å². The lowest BCUT2D eigenvalue weighted by Gasteiger charge is -2.13. The predicted molar refractivity (Wildman–Crippen MR) is 92.5 cm³/mol. The summed E-state index contributed by atoms with van der Waals surface area (Å²) in [6.45, 7) is 1.11. The van der Waals surface area contributed by atoms with Crippen molar-refractivity contribution in [2.24, 2.45) is 0 Å². The highest BCUT2D eigenvalue weighted by Crippen LogP contribution is 2.36. The maximum absolute atomic E-state index is 12.8. The number of aromatic nitrogens is 2. The van der Waals surface area contributed by atoms with Crippen LogP contribution in [0.5, 0.6) is 0 Å². The van der Waals surface area contributed by atoms with Gasteiger partial charge in [-0.25, -0.2) is 4.68 Å². The number of alkyl halides is 5. The van der Waals surface area contributed by atoms with Crippen LogP contribution in [-0.2, 0) is 17.5 Å². The molecule has 2 rings (SSSR count). The molecular formula is C13H9F3I2N2O2. The molecule has 9 heteroatoms. The first-order chi connectivity index (χ1) is 10.1. The highest BCUT2D eigenvalue weighted by molar-refractivity contribution is 14.2. The summed E-state index contributed by atoms with van der Waals surface area (Å²) in [6.07, 6.45) is -4.49. The standard InChI is InChI=1S/C13H9F3I2N2O2/c1-6(21)5-20-12(22)8-3-2-7(13(14,15)16)4-9(8)10(19-20)11(17)18/h2-4,11H,5H2,1H3. The molecule has 0 atom stereocenters. The molecule has 2 aromatic rings. The van der Waals surface area contributed by atoms with Gasteiger partial charge in [0.2, 0.25) is 0 Å². The van der Waals surface area contributed by atoms with Gasteiger partial charge in [-0.2, -0.15) is 18.3 Å². The summed E-state index contributed by atoms with van der Waals surface area (Å²) in [5.41, 5.74) is -1.07. The van der Waals surface area contributed by atoms with E-state index in [2.05, 4.69) is 5.10 Å². The zero-order valence-corrected chi connectivity index (χ0v) is 15.4. The van der Waals surface area contributed by atoms with Crippen molar-refractivity contribution in [1.29, 1.82) is 0 Å². The number of nitrogens with zero attached hydrogens (tertiary/aromatic N) is 2. The summed E-state index contributed by atoms with van der Waals surface area (Å²) in [4.78, 5) is 23.5. The van der Waals surface area contributed by atoms with Gasteiger partial charge in [0, 0.05) is 5.39 Å². The van der Waals surface area contributed by atoms with Crippen molar-refractivity contribution in [2.75, 3.05) is 0 Å². The molecule has 0 radical (unpaired) electrons. The van der Waals surface area contributed by atoms with E-state index >= 15 is 0 Å². The van der Waals surface area contributed by atoms with Gasteiger partial charge in [0.05, 0.1) is 16.6 Å². The number of halogens is 5. The Balaban J connectivity index is 2.81. The fraction of sp³-hybridized carbons (Fsp3) is 0.308. The van der Waals surface area contributed by atoms with E-state index in [1.54, 1.807) is 0 Å². The molecule has 0 saturated carbocycles. The molecule has 0 spiro atoms. The van der Waals surface area contributed by atoms with Gasteiger partial charge in [-0.05, 0) is 25.1 Å². The van der Waals surface area contributed by atoms with Crippen LogP contribution in [0.15, 0.2) is 23.0 Å². The molecule has 0 fully saturated rings. The van der Waals surface area contributed by atoms with Gasteiger partial charge in [-0.3, -0.25) is 9.59 Å². The SMILES string of the molecule is CC(=O)Cn1nc(C(I)I)c2cc(C(F)(F)F)ccc2c1=O. The predicted octanol–water partition coefficient (Wildman–Crippen LogP) is 3.87. The number of fused-ring (bicyclic) bond motifs is 1. The normalized spacial score (nSPS) is 12.1. The number of rotatable bonds is 3. The highest BCUT2D eigenvalue weighted by atomic mass is 127. The van der Waals surface area contributed by atoms with Gasteiger partial charge in [0.25, 0.3) is 5.56 Å². The van der Waals surface area contributed by atoms with Crippen molar-refractivity contribution in [3.63, 3.8) is 0 Å². The van der Waals surface area contributed by atoms with E-state index in [1.807, 2.05) is 45.2 Å². The van der Waals surface area contributed by atoms with E-state index in [1.165, 1.54) is 6.92 Å². The number of benzene rings is 1. The Hall–Kier alpha value is -0.720. The smallest absolute Gasteiger partial charge is 0.298 e. The zero-order valence-electron chi connectivity index (χ0n) is 11.1. The molecule has 0 aliphatic rings. The van der Waals surface area contributed by atoms with Crippen LogP contribution < -0.4 is 5.56 Å². The van der Waals surface area contributed by atoms with Crippen molar-refractivity contribution < 1.29 is 18.0 Å². The Morgan fingerprint density at radius 3 is 2.45 bits per heavy atom. The van der Waals surface area contributed by atoms with E-state index in [4.69, 9.17) is 0 Å². The molecule has 1 aromatic heterocycles. The Kier molecular flexibility index (Phi) is 5.14. The van der Waals surface area contributed by atoms with Crippen LogP contribution in [0.25, 0.3) is 10.8 Å². The van der Waals surface area contributed by atoms with Crippen molar-refractivity contribution in [1.82, 2.24) is 9.78 Å². The number of Topliss-reactive ketones (excluding diaryl/α,β-unsaturated/α-hetero) is 1. The van der Waals surface area contributed by atoms with Crippen LogP contribution in [0.2, 0.25) is 0 Å². The van der Waals surface area contributed by atoms with Crippen LogP contribution in [0.4, 0.5) is 13.2 Å². The molecule has 0 bridgehead atoms. The summed E-state index contributed by atoms with van der Waals surface area (Å²) in [7, 11) is 0. The van der Waals surface area contributed by atoms with E-state index < -0.39 is 17.3 Å². The molecule has 0 aliphatic heterocycles. The minimum atomic E-state index is -4.49. The molecule has 0 amide bonds. The Labute approximate surface area is 150 Å². The molecule has 1 aromatic carbocycles. The molecule has 118 valence electrons. The van der Waals surface area contributed by atoms with Gasteiger partial charge >= 0.3 is 6.18 Å². The lowest BCUT2D eigenvalue weighted by molar-refractivity contribution is -0.137. The number of hydrogen-bond donors (Lipinski definition) is 0. The van der Waals surface area contributed by atoms with E-state index in [-0.39, 0.29) is 25.0 Å². The largest absolute Gasteiger partial charge is 0.416 e. The second kappa shape index (κ2) is 6.42. The molecule has 4 nitrogen and oxygen atoms in total. The number of hydrogen-bond acceptors (Lipinski definition) is 3. The first-order valence-corrected chi connectivity index (χ1v) is 8.50. The van der Waals surface area contributed by atoms with Gasteiger partial charge in [-0.15, -0.1) is 0 Å². The Morgan fingerprint density at radius 1 is 1.32 bits per heavy atom. The number of ketones is 1. The third kappa shape index (κ3) is 3.60. The molecular weight excluding hydrogens is 527 g/mol. The summed E-state index contributed by atoms with van der Waals surface area (Å²) in [5.74, 6) is -0.259. The minimum Gasteiger partial charge on any atom is -0.298 e. The third-order valence-electron chi connectivity index (χ3n) is 2.90. The van der Waals surface area contributed by atoms with Crippen LogP contribution >= 0.6 is 45.2 Å². The average molecular weight is 536 g/mol. The summed E-state index contributed by atoms with van der Waals surface area (Å²) in [5, 5.41) is 4.35. The molecule has 22 heavy (non-hydrogen) atoms. The molecule has 1 heterocycles. The fourth-order valence-electron chi connectivity index (χ4n) is 1.97. The van der Waals surface area contributed by atoms with E-state index in [0.29, 0.717) is 5.69 Å². The lowest BCUT2D eigenvalue weighted by Crippen LogP contribution is -2.27. The molecule has 0 saturated heterocycles. The van der Waals surface area contributed by atoms with E-state index in [0.717, 1.165) is 22.9 Å². The van der Waals surface area contributed by atoms with E-state index in [9.17, 15) is 22.8 Å². The van der Waals surface area contributed by atoms with Crippen LogP contribution in [-0.4, -0.2) is 15.6 Å². The number of carbonyl (C=O) groups excluding carboxylic acids is 1. The molecule has 0 aliphatic carbocycles. The topological polar surface area (TPSA) is 52.0 Å². The quantitative estimate of drug-likeness (QED) is 0.443. The van der Waals surface area contributed by atoms with Gasteiger partial charge in [0.1, 0.15) is 8.48 Å². The summed E-state index contributed by atoms with van der Waals surface area (Å²) >= 11 is 3.99. The maximum Gasteiger partial charge on any atom is 0.416 e. The van der Waals surface area contributed by atoms with Crippen molar-refractivity contribution >= 4 is 61.7 Å². The van der Waals surface area contributed by atoms with Crippen molar-refractivity contribution in [3.8, 4) is 0 Å². The van der Waals surface area contributed by atoms with Gasteiger partial charge in [0.15, 0.2) is 5.78 Å². The Morgan fingerprint density at radius 2 is 1.95 bits per heavy atom. The molecule has 0 N–H and O–H groups in total. The van der Waals surface area contributed by atoms with Crippen LogP contribution in [0.1, 0.15) is 20.1 Å². The summed E-state index contributed by atoms with van der Waals surface area (Å²) in [6, 6.07) is 2.93. The lowest BCUT2D eigenvalue weighted by atomic mass is 10.1. The van der Waals surface area contributed by atoms with Crippen molar-refractivity contribution in [3.05, 3.63) is 39.8 Å². The monoisotopic (exact) mass is 536 g/mol. The fourth-order valence-corrected chi connectivity index (χ4v) is 2.89. The second-order valence-electron chi connectivity index (χ2n) is 4.61. The average Bonchev–Trinajstić information content (AvgIpc) is 2.39. The first kappa shape index (κ1) is 17.6. The van der Waals surface area contributed by atoms with Gasteiger partial charge in [-0.1, -0.05) is 45.2 Å². The molecule has 0 unspecified atom stereocenters. The Bertz CT molecular complexity index is 800. The second-order valence-corrected chi connectivity index (χ2v) is 9.48.